The number of hydrogen-bond acceptors (Lipinski definition) is 3. The van der Waals surface area contributed by atoms with E-state index in [2.05, 4.69) is 15.6 Å². The Balaban J connectivity index is 1.51. The third kappa shape index (κ3) is 6.98. The van der Waals surface area contributed by atoms with Gasteiger partial charge in [0.05, 0.1) is 6.54 Å². The van der Waals surface area contributed by atoms with E-state index in [1.54, 1.807) is 6.07 Å². The van der Waals surface area contributed by atoms with E-state index in [0.29, 0.717) is 26.1 Å². The van der Waals surface area contributed by atoms with Crippen molar-refractivity contribution >= 4 is 11.9 Å². The molecule has 0 aromatic heterocycles. The van der Waals surface area contributed by atoms with Crippen molar-refractivity contribution in [2.24, 2.45) is 4.99 Å². The number of amides is 1. The maximum absolute atomic E-state index is 13.3. The minimum Gasteiger partial charge on any atom is -0.489 e. The summed E-state index contributed by atoms with van der Waals surface area (Å²) in [4.78, 5) is 18.5. The second-order valence-electron chi connectivity index (χ2n) is 7.58. The fraction of sp³-hybridized carbons (Fsp3) is 0.417. The number of hydrogen-bond donors (Lipinski definition) is 2. The zero-order chi connectivity index (χ0) is 22.1. The SMILES string of the molecule is CCNC(=NCc1ccc(OCc2cccc(F)c2)cc1)NC1CCN(C(=O)CC)C1. The second kappa shape index (κ2) is 11.3. The first-order valence-electron chi connectivity index (χ1n) is 10.9. The van der Waals surface area contributed by atoms with Gasteiger partial charge in [0.1, 0.15) is 18.2 Å². The molecule has 166 valence electrons. The quantitative estimate of drug-likeness (QED) is 0.501. The third-order valence-electron chi connectivity index (χ3n) is 5.17. The lowest BCUT2D eigenvalue weighted by Crippen LogP contribution is -2.45. The van der Waals surface area contributed by atoms with E-state index in [1.807, 2.05) is 49.1 Å². The molecule has 0 spiro atoms. The molecule has 2 aromatic rings. The molecule has 1 atom stereocenters. The number of guanidine groups is 1. The molecular weight excluding hydrogens is 395 g/mol. The van der Waals surface area contributed by atoms with Crippen LogP contribution >= 0.6 is 0 Å². The Morgan fingerprint density at radius 3 is 2.71 bits per heavy atom. The summed E-state index contributed by atoms with van der Waals surface area (Å²) >= 11 is 0. The molecule has 1 aliphatic heterocycles. The fourth-order valence-electron chi connectivity index (χ4n) is 3.50. The predicted octanol–water partition coefficient (Wildman–Crippen LogP) is 3.47. The molecule has 2 aromatic carbocycles. The number of carbonyl (C=O) groups is 1. The summed E-state index contributed by atoms with van der Waals surface area (Å²) in [5.74, 6) is 1.42. The maximum Gasteiger partial charge on any atom is 0.222 e. The van der Waals surface area contributed by atoms with E-state index in [-0.39, 0.29) is 17.8 Å². The molecule has 0 saturated carbocycles. The number of ether oxygens (including phenoxy) is 1. The summed E-state index contributed by atoms with van der Waals surface area (Å²) in [5, 5.41) is 6.71. The van der Waals surface area contributed by atoms with E-state index < -0.39 is 0 Å². The van der Waals surface area contributed by atoms with Crippen molar-refractivity contribution in [1.82, 2.24) is 15.5 Å². The van der Waals surface area contributed by atoms with Gasteiger partial charge in [0.15, 0.2) is 5.96 Å². The maximum atomic E-state index is 13.3. The highest BCUT2D eigenvalue weighted by molar-refractivity contribution is 5.80. The van der Waals surface area contributed by atoms with Crippen LogP contribution in [0.1, 0.15) is 37.8 Å². The number of carbonyl (C=O) groups excluding carboxylic acids is 1. The average molecular weight is 427 g/mol. The zero-order valence-corrected chi connectivity index (χ0v) is 18.2. The molecular formula is C24H31FN4O2. The minimum absolute atomic E-state index is 0.200. The Kier molecular flexibility index (Phi) is 8.27. The van der Waals surface area contributed by atoms with Gasteiger partial charge in [-0.15, -0.1) is 0 Å². The van der Waals surface area contributed by atoms with Gasteiger partial charge in [0.25, 0.3) is 0 Å². The van der Waals surface area contributed by atoms with Crippen LogP contribution in [0.4, 0.5) is 4.39 Å². The number of benzene rings is 2. The molecule has 3 rings (SSSR count). The number of aliphatic imine (C=N–C) groups is 1. The molecule has 0 radical (unpaired) electrons. The number of likely N-dealkylation sites (tertiary alicyclic amines) is 1. The van der Waals surface area contributed by atoms with E-state index in [0.717, 1.165) is 42.3 Å². The number of nitrogens with zero attached hydrogens (tertiary/aromatic N) is 2. The summed E-state index contributed by atoms with van der Waals surface area (Å²) in [6.07, 6.45) is 1.47. The number of rotatable bonds is 8. The van der Waals surface area contributed by atoms with Crippen LogP contribution in [0.5, 0.6) is 5.75 Å². The smallest absolute Gasteiger partial charge is 0.222 e. The summed E-state index contributed by atoms with van der Waals surface area (Å²) in [6, 6.07) is 14.4. The highest BCUT2D eigenvalue weighted by atomic mass is 19.1. The van der Waals surface area contributed by atoms with Crippen molar-refractivity contribution < 1.29 is 13.9 Å². The van der Waals surface area contributed by atoms with Crippen molar-refractivity contribution in [2.75, 3.05) is 19.6 Å². The van der Waals surface area contributed by atoms with Crippen LogP contribution in [-0.2, 0) is 17.9 Å². The van der Waals surface area contributed by atoms with E-state index in [1.165, 1.54) is 12.1 Å². The molecule has 31 heavy (non-hydrogen) atoms. The number of halogens is 1. The molecule has 1 fully saturated rings. The minimum atomic E-state index is -0.262. The number of nitrogens with one attached hydrogen (secondary N) is 2. The first-order valence-corrected chi connectivity index (χ1v) is 10.9. The van der Waals surface area contributed by atoms with E-state index in [9.17, 15) is 9.18 Å². The highest BCUT2D eigenvalue weighted by Gasteiger charge is 2.25. The van der Waals surface area contributed by atoms with E-state index >= 15 is 0 Å². The normalized spacial score (nSPS) is 16.3. The first-order chi connectivity index (χ1) is 15.1. The Bertz CT molecular complexity index is 885. The molecule has 1 aliphatic rings. The predicted molar refractivity (Wildman–Crippen MR) is 120 cm³/mol. The van der Waals surface area contributed by atoms with Crippen molar-refractivity contribution in [2.45, 2.75) is 45.9 Å². The molecule has 1 unspecified atom stereocenters. The first kappa shape index (κ1) is 22.6. The van der Waals surface area contributed by atoms with Crippen LogP contribution in [0.25, 0.3) is 0 Å². The Morgan fingerprint density at radius 2 is 2.00 bits per heavy atom. The molecule has 0 bridgehead atoms. The van der Waals surface area contributed by atoms with Crippen molar-refractivity contribution in [1.29, 1.82) is 0 Å². The van der Waals surface area contributed by atoms with Gasteiger partial charge in [-0.1, -0.05) is 31.2 Å². The third-order valence-corrected chi connectivity index (χ3v) is 5.17. The fourth-order valence-corrected chi connectivity index (χ4v) is 3.50. The van der Waals surface area contributed by atoms with Gasteiger partial charge in [-0.2, -0.15) is 0 Å². The van der Waals surface area contributed by atoms with Crippen LogP contribution in [0.15, 0.2) is 53.5 Å². The van der Waals surface area contributed by atoms with Crippen LogP contribution in [0.3, 0.4) is 0 Å². The second-order valence-corrected chi connectivity index (χ2v) is 7.58. The average Bonchev–Trinajstić information content (AvgIpc) is 3.25. The van der Waals surface area contributed by atoms with Crippen LogP contribution in [-0.4, -0.2) is 42.4 Å². The lowest BCUT2D eigenvalue weighted by atomic mass is 10.2. The monoisotopic (exact) mass is 426 g/mol. The lowest BCUT2D eigenvalue weighted by Gasteiger charge is -2.18. The van der Waals surface area contributed by atoms with Gasteiger partial charge in [-0.25, -0.2) is 9.38 Å². The van der Waals surface area contributed by atoms with Gasteiger partial charge in [-0.05, 0) is 48.7 Å². The Morgan fingerprint density at radius 1 is 1.19 bits per heavy atom. The molecule has 1 heterocycles. The van der Waals surface area contributed by atoms with Gasteiger partial charge in [-0.3, -0.25) is 4.79 Å². The zero-order valence-electron chi connectivity index (χ0n) is 18.2. The Labute approximate surface area is 183 Å². The van der Waals surface area contributed by atoms with Crippen LogP contribution in [0, 0.1) is 5.82 Å². The van der Waals surface area contributed by atoms with Crippen LogP contribution < -0.4 is 15.4 Å². The molecule has 2 N–H and O–H groups in total. The largest absolute Gasteiger partial charge is 0.489 e. The van der Waals surface area contributed by atoms with Gasteiger partial charge in [0, 0.05) is 32.1 Å². The molecule has 7 heteroatoms. The van der Waals surface area contributed by atoms with Crippen molar-refractivity contribution in [3.63, 3.8) is 0 Å². The Hall–Kier alpha value is -3.09. The molecule has 6 nitrogen and oxygen atoms in total. The topological polar surface area (TPSA) is 66.0 Å². The highest BCUT2D eigenvalue weighted by Crippen LogP contribution is 2.15. The molecule has 1 saturated heterocycles. The van der Waals surface area contributed by atoms with Crippen LogP contribution in [0.2, 0.25) is 0 Å². The standard InChI is InChI=1S/C24H31FN4O2/c1-3-23(30)29-13-12-21(16-29)28-24(26-4-2)27-15-18-8-10-22(11-9-18)31-17-19-6-5-7-20(25)14-19/h5-11,14,21H,3-4,12-13,15-17H2,1-2H3,(H2,26,27,28). The lowest BCUT2D eigenvalue weighted by molar-refractivity contribution is -0.129. The van der Waals surface area contributed by atoms with Gasteiger partial charge >= 0.3 is 0 Å². The van der Waals surface area contributed by atoms with Crippen molar-refractivity contribution in [3.8, 4) is 5.75 Å². The van der Waals surface area contributed by atoms with Crippen molar-refractivity contribution in [3.05, 3.63) is 65.5 Å². The summed E-state index contributed by atoms with van der Waals surface area (Å²) in [7, 11) is 0. The molecule has 1 amide bonds. The molecule has 0 aliphatic carbocycles. The summed E-state index contributed by atoms with van der Waals surface area (Å²) in [5.41, 5.74) is 1.85. The summed E-state index contributed by atoms with van der Waals surface area (Å²) < 4.78 is 19.0. The summed E-state index contributed by atoms with van der Waals surface area (Å²) in [6.45, 7) is 7.06. The van der Waals surface area contributed by atoms with Gasteiger partial charge in [0.2, 0.25) is 5.91 Å². The van der Waals surface area contributed by atoms with E-state index in [4.69, 9.17) is 4.74 Å². The van der Waals surface area contributed by atoms with Gasteiger partial charge < -0.3 is 20.3 Å².